The third-order valence-corrected chi connectivity index (χ3v) is 4.14. The van der Waals surface area contributed by atoms with Gasteiger partial charge in [-0.15, -0.1) is 12.4 Å². The minimum atomic E-state index is 0. The first-order chi connectivity index (χ1) is 7.79. The Balaban J connectivity index is 0.00000144. The van der Waals surface area contributed by atoms with Gasteiger partial charge in [-0.25, -0.2) is 0 Å². The fraction of sp³-hybridized carbons (Fsp3) is 0.923. The van der Waals surface area contributed by atoms with Gasteiger partial charge in [0.1, 0.15) is 0 Å². The summed E-state index contributed by atoms with van der Waals surface area (Å²) >= 11 is 0. The summed E-state index contributed by atoms with van der Waals surface area (Å²) in [6.45, 7) is 2.59. The maximum absolute atomic E-state index is 12.1. The summed E-state index contributed by atoms with van der Waals surface area (Å²) in [4.78, 5) is 14.2. The average molecular weight is 261 g/mol. The molecule has 4 heteroatoms. The van der Waals surface area contributed by atoms with E-state index in [2.05, 4.69) is 4.90 Å². The van der Waals surface area contributed by atoms with E-state index < -0.39 is 0 Å². The highest BCUT2D eigenvalue weighted by Crippen LogP contribution is 2.28. The number of hydrogen-bond acceptors (Lipinski definition) is 2. The molecule has 17 heavy (non-hydrogen) atoms. The standard InChI is InChI=1S/C13H24N2O.ClH/c14-9-12-6-3-7-15(10-12)13(16)8-11-4-1-2-5-11;/h11-12H,1-10,14H2;1H. The molecule has 1 saturated heterocycles. The zero-order chi connectivity index (χ0) is 11.4. The van der Waals surface area contributed by atoms with Crippen LogP contribution in [-0.2, 0) is 4.79 Å². The molecule has 2 aliphatic rings. The summed E-state index contributed by atoms with van der Waals surface area (Å²) in [6.07, 6.45) is 8.30. The molecule has 1 saturated carbocycles. The van der Waals surface area contributed by atoms with Crippen molar-refractivity contribution in [2.24, 2.45) is 17.6 Å². The lowest BCUT2D eigenvalue weighted by atomic mass is 9.96. The molecule has 2 rings (SSSR count). The van der Waals surface area contributed by atoms with E-state index in [9.17, 15) is 4.79 Å². The first-order valence-corrected chi connectivity index (χ1v) is 6.77. The monoisotopic (exact) mass is 260 g/mol. The Labute approximate surface area is 111 Å². The van der Waals surface area contributed by atoms with E-state index in [1.165, 1.54) is 32.1 Å². The number of halogens is 1. The largest absolute Gasteiger partial charge is 0.342 e. The lowest BCUT2D eigenvalue weighted by Crippen LogP contribution is -2.42. The van der Waals surface area contributed by atoms with Gasteiger partial charge in [0.05, 0.1) is 0 Å². The van der Waals surface area contributed by atoms with Crippen LogP contribution in [-0.4, -0.2) is 30.4 Å². The number of carbonyl (C=O) groups is 1. The number of hydrogen-bond donors (Lipinski definition) is 1. The van der Waals surface area contributed by atoms with Crippen molar-refractivity contribution in [3.05, 3.63) is 0 Å². The zero-order valence-electron chi connectivity index (χ0n) is 10.6. The van der Waals surface area contributed by atoms with E-state index in [1.807, 2.05) is 0 Å². The molecule has 1 heterocycles. The molecule has 1 aliphatic carbocycles. The van der Waals surface area contributed by atoms with E-state index in [0.717, 1.165) is 32.5 Å². The normalized spacial score (nSPS) is 25.7. The fourth-order valence-electron chi connectivity index (χ4n) is 3.07. The number of rotatable bonds is 3. The van der Waals surface area contributed by atoms with Crippen LogP contribution in [0.5, 0.6) is 0 Å². The maximum Gasteiger partial charge on any atom is 0.222 e. The molecule has 1 aliphatic heterocycles. The first kappa shape index (κ1) is 14.8. The van der Waals surface area contributed by atoms with Crippen LogP contribution >= 0.6 is 12.4 Å². The third kappa shape index (κ3) is 4.14. The molecule has 0 aromatic rings. The highest BCUT2D eigenvalue weighted by atomic mass is 35.5. The van der Waals surface area contributed by atoms with Crippen LogP contribution in [0, 0.1) is 11.8 Å². The second-order valence-electron chi connectivity index (χ2n) is 5.44. The number of nitrogens with zero attached hydrogens (tertiary/aromatic N) is 1. The predicted octanol–water partition coefficient (Wildman–Crippen LogP) is 2.19. The van der Waals surface area contributed by atoms with Crippen molar-refractivity contribution in [3.8, 4) is 0 Å². The van der Waals surface area contributed by atoms with Crippen LogP contribution < -0.4 is 5.73 Å². The maximum atomic E-state index is 12.1. The average Bonchev–Trinajstić information content (AvgIpc) is 2.82. The second kappa shape index (κ2) is 7.22. The summed E-state index contributed by atoms with van der Waals surface area (Å²) in [6, 6.07) is 0. The van der Waals surface area contributed by atoms with Crippen molar-refractivity contribution in [2.45, 2.75) is 44.9 Å². The van der Waals surface area contributed by atoms with E-state index in [4.69, 9.17) is 5.73 Å². The van der Waals surface area contributed by atoms with Gasteiger partial charge in [-0.3, -0.25) is 4.79 Å². The van der Waals surface area contributed by atoms with Crippen molar-refractivity contribution in [3.63, 3.8) is 0 Å². The highest BCUT2D eigenvalue weighted by Gasteiger charge is 2.25. The molecule has 0 aromatic carbocycles. The molecule has 1 atom stereocenters. The number of carbonyl (C=O) groups excluding carboxylic acids is 1. The van der Waals surface area contributed by atoms with Crippen LogP contribution in [0.25, 0.3) is 0 Å². The lowest BCUT2D eigenvalue weighted by Gasteiger charge is -2.32. The molecular formula is C13H25ClN2O. The summed E-state index contributed by atoms with van der Waals surface area (Å²) in [5.74, 6) is 1.59. The molecule has 1 amide bonds. The first-order valence-electron chi connectivity index (χ1n) is 6.77. The Hall–Kier alpha value is -0.280. The molecule has 1 unspecified atom stereocenters. The van der Waals surface area contributed by atoms with E-state index in [0.29, 0.717) is 17.7 Å². The Kier molecular flexibility index (Phi) is 6.28. The van der Waals surface area contributed by atoms with Gasteiger partial charge in [0.25, 0.3) is 0 Å². The van der Waals surface area contributed by atoms with Crippen LogP contribution in [0.2, 0.25) is 0 Å². The summed E-state index contributed by atoms with van der Waals surface area (Å²) in [7, 11) is 0. The van der Waals surface area contributed by atoms with Crippen LogP contribution in [0.3, 0.4) is 0 Å². The Morgan fingerprint density at radius 1 is 1.12 bits per heavy atom. The number of likely N-dealkylation sites (tertiary alicyclic amines) is 1. The van der Waals surface area contributed by atoms with Gasteiger partial charge in [-0.2, -0.15) is 0 Å². The summed E-state index contributed by atoms with van der Waals surface area (Å²) in [5, 5.41) is 0. The van der Waals surface area contributed by atoms with Gasteiger partial charge >= 0.3 is 0 Å². The van der Waals surface area contributed by atoms with Gasteiger partial charge in [-0.05, 0) is 44.1 Å². The highest BCUT2D eigenvalue weighted by molar-refractivity contribution is 5.85. The number of amides is 1. The quantitative estimate of drug-likeness (QED) is 0.846. The molecule has 2 fully saturated rings. The summed E-state index contributed by atoms with van der Waals surface area (Å²) in [5.41, 5.74) is 5.69. The van der Waals surface area contributed by atoms with E-state index >= 15 is 0 Å². The zero-order valence-corrected chi connectivity index (χ0v) is 11.4. The van der Waals surface area contributed by atoms with E-state index in [1.54, 1.807) is 0 Å². The van der Waals surface area contributed by atoms with Gasteiger partial charge in [0.15, 0.2) is 0 Å². The molecule has 100 valence electrons. The number of piperidine rings is 1. The minimum absolute atomic E-state index is 0. The van der Waals surface area contributed by atoms with Gasteiger partial charge in [0, 0.05) is 19.5 Å². The lowest BCUT2D eigenvalue weighted by molar-refractivity contribution is -0.133. The molecular weight excluding hydrogens is 236 g/mol. The van der Waals surface area contributed by atoms with Crippen LogP contribution in [0.1, 0.15) is 44.9 Å². The van der Waals surface area contributed by atoms with Crippen LogP contribution in [0.15, 0.2) is 0 Å². The minimum Gasteiger partial charge on any atom is -0.342 e. The third-order valence-electron chi connectivity index (χ3n) is 4.14. The van der Waals surface area contributed by atoms with Gasteiger partial charge in [-0.1, -0.05) is 12.8 Å². The van der Waals surface area contributed by atoms with Crippen molar-refractivity contribution in [2.75, 3.05) is 19.6 Å². The Morgan fingerprint density at radius 2 is 1.76 bits per heavy atom. The molecule has 0 radical (unpaired) electrons. The van der Waals surface area contributed by atoms with Crippen molar-refractivity contribution < 1.29 is 4.79 Å². The smallest absolute Gasteiger partial charge is 0.222 e. The summed E-state index contributed by atoms with van der Waals surface area (Å²) < 4.78 is 0. The molecule has 0 aromatic heterocycles. The number of nitrogens with two attached hydrogens (primary N) is 1. The topological polar surface area (TPSA) is 46.3 Å². The van der Waals surface area contributed by atoms with E-state index in [-0.39, 0.29) is 12.4 Å². The second-order valence-corrected chi connectivity index (χ2v) is 5.44. The van der Waals surface area contributed by atoms with Crippen molar-refractivity contribution >= 4 is 18.3 Å². The Bertz CT molecular complexity index is 242. The molecule has 0 spiro atoms. The van der Waals surface area contributed by atoms with Gasteiger partial charge in [0.2, 0.25) is 5.91 Å². The molecule has 2 N–H and O–H groups in total. The Morgan fingerprint density at radius 3 is 2.41 bits per heavy atom. The van der Waals surface area contributed by atoms with Crippen LogP contribution in [0.4, 0.5) is 0 Å². The van der Waals surface area contributed by atoms with Crippen molar-refractivity contribution in [1.82, 2.24) is 4.90 Å². The van der Waals surface area contributed by atoms with Gasteiger partial charge < -0.3 is 10.6 Å². The SMILES string of the molecule is Cl.NCC1CCCN(C(=O)CC2CCCC2)C1. The fourth-order valence-corrected chi connectivity index (χ4v) is 3.07. The molecule has 0 bridgehead atoms. The van der Waals surface area contributed by atoms with Crippen molar-refractivity contribution in [1.29, 1.82) is 0 Å². The molecule has 3 nitrogen and oxygen atoms in total. The predicted molar refractivity (Wildman–Crippen MR) is 72.2 cm³/mol.